The number of fused-ring (bicyclic) bond motifs is 1. The first-order valence-corrected chi connectivity index (χ1v) is 11.1. The molecule has 168 valence electrons. The third-order valence-electron chi connectivity index (χ3n) is 5.47. The third-order valence-corrected chi connectivity index (χ3v) is 6.51. The summed E-state index contributed by atoms with van der Waals surface area (Å²) in [6.45, 7) is 6.41. The molecule has 2 aliphatic heterocycles. The Balaban J connectivity index is 0.00000272. The molecule has 0 bridgehead atoms. The number of morpholine rings is 1. The first kappa shape index (κ1) is 23.6. The Morgan fingerprint density at radius 3 is 2.61 bits per heavy atom. The first-order chi connectivity index (χ1) is 14.5. The number of halogens is 1. The summed E-state index contributed by atoms with van der Waals surface area (Å²) in [4.78, 5) is 46.8. The number of benzene rings is 1. The first-order valence-electron chi connectivity index (χ1n) is 10.3. The van der Waals surface area contributed by atoms with Crippen molar-refractivity contribution in [3.63, 3.8) is 0 Å². The number of carbonyl (C=O) groups is 3. The molecule has 0 unspecified atom stereocenters. The SMILES string of the molecule is Cc1ccc2nc(N(CCCN3CCOCC3)C(=O)CN3C(=O)CCC3=O)sc2c1.Cl. The van der Waals surface area contributed by atoms with Gasteiger partial charge in [0.25, 0.3) is 0 Å². The van der Waals surface area contributed by atoms with Crippen LogP contribution in [0.1, 0.15) is 24.8 Å². The minimum atomic E-state index is -0.276. The fourth-order valence-electron chi connectivity index (χ4n) is 3.76. The molecule has 0 spiro atoms. The molecule has 3 amide bonds. The Bertz CT molecular complexity index is 944. The van der Waals surface area contributed by atoms with Gasteiger partial charge in [-0.1, -0.05) is 17.4 Å². The number of carbonyl (C=O) groups excluding carboxylic acids is 3. The predicted octanol–water partition coefficient (Wildman–Crippen LogP) is 2.23. The number of hydrogen-bond donors (Lipinski definition) is 0. The van der Waals surface area contributed by atoms with Crippen LogP contribution in [0.5, 0.6) is 0 Å². The molecule has 1 aromatic heterocycles. The molecule has 1 aromatic carbocycles. The molecule has 3 heterocycles. The molecule has 4 rings (SSSR count). The smallest absolute Gasteiger partial charge is 0.248 e. The van der Waals surface area contributed by atoms with Crippen LogP contribution < -0.4 is 4.90 Å². The Hall–Kier alpha value is -2.07. The summed E-state index contributed by atoms with van der Waals surface area (Å²) < 4.78 is 6.41. The molecular formula is C21H27ClN4O4S. The average molecular weight is 467 g/mol. The maximum Gasteiger partial charge on any atom is 0.248 e. The Morgan fingerprint density at radius 1 is 1.19 bits per heavy atom. The van der Waals surface area contributed by atoms with E-state index in [-0.39, 0.29) is 49.5 Å². The number of aryl methyl sites for hydroxylation is 1. The molecule has 0 saturated carbocycles. The molecule has 0 atom stereocenters. The molecule has 2 saturated heterocycles. The fourth-order valence-corrected chi connectivity index (χ4v) is 4.87. The van der Waals surface area contributed by atoms with Crippen LogP contribution in [0.2, 0.25) is 0 Å². The van der Waals surface area contributed by atoms with E-state index in [0.717, 1.165) is 59.9 Å². The van der Waals surface area contributed by atoms with Crippen molar-refractivity contribution >= 4 is 56.8 Å². The molecule has 2 aromatic rings. The second-order valence-electron chi connectivity index (χ2n) is 7.69. The van der Waals surface area contributed by atoms with Crippen molar-refractivity contribution in [1.29, 1.82) is 0 Å². The van der Waals surface area contributed by atoms with Crippen LogP contribution in [-0.2, 0) is 19.1 Å². The zero-order valence-electron chi connectivity index (χ0n) is 17.5. The quantitative estimate of drug-likeness (QED) is 0.582. The van der Waals surface area contributed by atoms with E-state index in [1.54, 1.807) is 4.90 Å². The minimum absolute atomic E-state index is 0. The normalized spacial score (nSPS) is 17.3. The Morgan fingerprint density at radius 2 is 1.90 bits per heavy atom. The molecule has 8 nitrogen and oxygen atoms in total. The van der Waals surface area contributed by atoms with Gasteiger partial charge in [0.2, 0.25) is 17.7 Å². The van der Waals surface area contributed by atoms with E-state index in [0.29, 0.717) is 11.7 Å². The van der Waals surface area contributed by atoms with Crippen LogP contribution in [0.15, 0.2) is 18.2 Å². The Kier molecular flexibility index (Phi) is 7.99. The highest BCUT2D eigenvalue weighted by Crippen LogP contribution is 2.30. The zero-order valence-corrected chi connectivity index (χ0v) is 19.2. The largest absolute Gasteiger partial charge is 0.379 e. The van der Waals surface area contributed by atoms with Crippen molar-refractivity contribution in [3.8, 4) is 0 Å². The molecule has 31 heavy (non-hydrogen) atoms. The van der Waals surface area contributed by atoms with Crippen LogP contribution in [0.4, 0.5) is 5.13 Å². The molecule has 0 N–H and O–H groups in total. The van der Waals surface area contributed by atoms with Gasteiger partial charge in [0.15, 0.2) is 5.13 Å². The lowest BCUT2D eigenvalue weighted by molar-refractivity contribution is -0.141. The highest BCUT2D eigenvalue weighted by Gasteiger charge is 2.32. The van der Waals surface area contributed by atoms with E-state index in [9.17, 15) is 14.4 Å². The zero-order chi connectivity index (χ0) is 21.1. The number of thiazole rings is 1. The molecular weight excluding hydrogens is 440 g/mol. The van der Waals surface area contributed by atoms with Gasteiger partial charge in [0.1, 0.15) is 6.54 Å². The number of likely N-dealkylation sites (tertiary alicyclic amines) is 1. The van der Waals surface area contributed by atoms with Gasteiger partial charge in [-0.2, -0.15) is 0 Å². The summed E-state index contributed by atoms with van der Waals surface area (Å²) in [7, 11) is 0. The standard InChI is InChI=1S/C21H26N4O4S.ClH/c1-15-3-4-16-17(13-15)30-21(22-16)24(8-2-7-23-9-11-29-12-10-23)20(28)14-25-18(26)5-6-19(25)27;/h3-4,13H,2,5-12,14H2,1H3;1H. The molecule has 2 aliphatic rings. The monoisotopic (exact) mass is 466 g/mol. The maximum absolute atomic E-state index is 13.1. The van der Waals surface area contributed by atoms with Crippen molar-refractivity contribution < 1.29 is 19.1 Å². The number of anilines is 1. The second-order valence-corrected chi connectivity index (χ2v) is 8.70. The van der Waals surface area contributed by atoms with Gasteiger partial charge in [-0.05, 0) is 31.0 Å². The second kappa shape index (κ2) is 10.5. The summed E-state index contributed by atoms with van der Waals surface area (Å²) in [6, 6.07) is 6.01. The van der Waals surface area contributed by atoms with Gasteiger partial charge in [-0.15, -0.1) is 12.4 Å². The predicted molar refractivity (Wildman–Crippen MR) is 122 cm³/mol. The minimum Gasteiger partial charge on any atom is -0.379 e. The lowest BCUT2D eigenvalue weighted by Gasteiger charge is -2.28. The number of amides is 3. The lowest BCUT2D eigenvalue weighted by atomic mass is 10.2. The summed E-state index contributed by atoms with van der Waals surface area (Å²) >= 11 is 1.47. The van der Waals surface area contributed by atoms with E-state index < -0.39 is 0 Å². The van der Waals surface area contributed by atoms with Crippen molar-refractivity contribution in [2.24, 2.45) is 0 Å². The van der Waals surface area contributed by atoms with Gasteiger partial charge < -0.3 is 4.74 Å². The van der Waals surface area contributed by atoms with Gasteiger partial charge in [-0.25, -0.2) is 4.98 Å². The topological polar surface area (TPSA) is 83.1 Å². The highest BCUT2D eigenvalue weighted by atomic mass is 35.5. The number of imide groups is 1. The van der Waals surface area contributed by atoms with Crippen LogP contribution in [0.3, 0.4) is 0 Å². The Labute approximate surface area is 191 Å². The molecule has 0 aliphatic carbocycles. The highest BCUT2D eigenvalue weighted by molar-refractivity contribution is 7.22. The molecule has 0 radical (unpaired) electrons. The fraction of sp³-hybridized carbons (Fsp3) is 0.524. The van der Waals surface area contributed by atoms with Crippen LogP contribution in [-0.4, -0.2) is 78.4 Å². The van der Waals surface area contributed by atoms with Crippen molar-refractivity contribution in [1.82, 2.24) is 14.8 Å². The molecule has 2 fully saturated rings. The van der Waals surface area contributed by atoms with Crippen LogP contribution in [0.25, 0.3) is 10.2 Å². The van der Waals surface area contributed by atoms with Gasteiger partial charge in [-0.3, -0.25) is 29.1 Å². The maximum atomic E-state index is 13.1. The number of hydrogen-bond acceptors (Lipinski definition) is 7. The van der Waals surface area contributed by atoms with E-state index >= 15 is 0 Å². The summed E-state index contributed by atoms with van der Waals surface area (Å²) in [5, 5.41) is 0.613. The number of nitrogens with zero attached hydrogens (tertiary/aromatic N) is 4. The average Bonchev–Trinajstić information content (AvgIpc) is 3.29. The van der Waals surface area contributed by atoms with Crippen LogP contribution in [0, 0.1) is 6.92 Å². The van der Waals surface area contributed by atoms with E-state index in [1.165, 1.54) is 11.3 Å². The van der Waals surface area contributed by atoms with Gasteiger partial charge in [0.05, 0.1) is 23.4 Å². The van der Waals surface area contributed by atoms with E-state index in [2.05, 4.69) is 16.0 Å². The van der Waals surface area contributed by atoms with E-state index in [4.69, 9.17) is 4.74 Å². The number of aromatic nitrogens is 1. The van der Waals surface area contributed by atoms with Gasteiger partial charge >= 0.3 is 0 Å². The van der Waals surface area contributed by atoms with E-state index in [1.807, 2.05) is 19.1 Å². The van der Waals surface area contributed by atoms with Crippen molar-refractivity contribution in [2.75, 3.05) is 50.8 Å². The van der Waals surface area contributed by atoms with Crippen molar-refractivity contribution in [3.05, 3.63) is 23.8 Å². The number of ether oxygens (including phenoxy) is 1. The third kappa shape index (κ3) is 5.60. The van der Waals surface area contributed by atoms with Gasteiger partial charge in [0, 0.05) is 39.0 Å². The number of rotatable bonds is 7. The van der Waals surface area contributed by atoms with Crippen LogP contribution >= 0.6 is 23.7 Å². The summed E-state index contributed by atoms with van der Waals surface area (Å²) in [5.41, 5.74) is 1.98. The summed E-state index contributed by atoms with van der Waals surface area (Å²) in [6.07, 6.45) is 1.15. The lowest BCUT2D eigenvalue weighted by Crippen LogP contribution is -2.44. The molecule has 10 heteroatoms. The van der Waals surface area contributed by atoms with Crippen molar-refractivity contribution in [2.45, 2.75) is 26.2 Å². The summed E-state index contributed by atoms with van der Waals surface area (Å²) in [5.74, 6) is -0.820.